The van der Waals surface area contributed by atoms with Crippen molar-refractivity contribution >= 4 is 28.2 Å². The Hall–Kier alpha value is -2.08. The lowest BCUT2D eigenvalue weighted by Crippen LogP contribution is -2.41. The molecule has 110 valence electrons. The number of rotatable bonds is 4. The summed E-state index contributed by atoms with van der Waals surface area (Å²) in [5, 5.41) is 8.81. The molecule has 2 N–H and O–H groups in total. The first kappa shape index (κ1) is 13.9. The maximum atomic E-state index is 11.9. The molecule has 0 bridgehead atoms. The van der Waals surface area contributed by atoms with Gasteiger partial charge in [0.1, 0.15) is 0 Å². The topological polar surface area (TPSA) is 57.3 Å². The van der Waals surface area contributed by atoms with E-state index in [2.05, 4.69) is 20.5 Å². The predicted octanol–water partition coefficient (Wildman–Crippen LogP) is 2.93. The number of hydrogen-bond donors (Lipinski definition) is 2. The number of urea groups is 1. The van der Waals surface area contributed by atoms with Gasteiger partial charge in [-0.3, -0.25) is 0 Å². The van der Waals surface area contributed by atoms with Crippen LogP contribution in [-0.4, -0.2) is 30.1 Å². The zero-order chi connectivity index (χ0) is 14.5. The number of anilines is 2. The smallest absolute Gasteiger partial charge is 0.319 e. The van der Waals surface area contributed by atoms with Gasteiger partial charge in [0.05, 0.1) is 0 Å². The third kappa shape index (κ3) is 3.52. The van der Waals surface area contributed by atoms with Crippen LogP contribution in [0.25, 0.3) is 0 Å². The molecule has 0 aliphatic carbocycles. The van der Waals surface area contributed by atoms with Crippen molar-refractivity contribution < 1.29 is 4.79 Å². The van der Waals surface area contributed by atoms with Crippen molar-refractivity contribution in [2.75, 3.05) is 23.3 Å². The molecule has 1 unspecified atom stereocenters. The average molecular weight is 302 g/mol. The highest BCUT2D eigenvalue weighted by molar-refractivity contribution is 7.13. The number of carbonyl (C=O) groups is 1. The van der Waals surface area contributed by atoms with E-state index in [0.717, 1.165) is 30.2 Å². The third-order valence-corrected chi connectivity index (χ3v) is 4.38. The predicted molar refractivity (Wildman–Crippen MR) is 85.9 cm³/mol. The molecule has 1 fully saturated rings. The Morgan fingerprint density at radius 2 is 2.24 bits per heavy atom. The Labute approximate surface area is 128 Å². The molecule has 2 heterocycles. The van der Waals surface area contributed by atoms with Gasteiger partial charge in [-0.25, -0.2) is 9.78 Å². The van der Waals surface area contributed by atoms with Crippen LogP contribution in [0.5, 0.6) is 0 Å². The van der Waals surface area contributed by atoms with Crippen LogP contribution in [0.1, 0.15) is 12.8 Å². The highest BCUT2D eigenvalue weighted by Crippen LogP contribution is 2.26. The Balaban J connectivity index is 1.51. The molecule has 1 atom stereocenters. The van der Waals surface area contributed by atoms with Crippen LogP contribution in [0, 0.1) is 0 Å². The van der Waals surface area contributed by atoms with Gasteiger partial charge in [-0.1, -0.05) is 18.2 Å². The first-order chi connectivity index (χ1) is 10.3. The lowest BCUT2D eigenvalue weighted by molar-refractivity contribution is 0.251. The molecule has 1 aromatic heterocycles. The summed E-state index contributed by atoms with van der Waals surface area (Å²) in [6, 6.07) is 9.64. The molecule has 0 radical (unpaired) electrons. The highest BCUT2D eigenvalue weighted by atomic mass is 32.1. The van der Waals surface area contributed by atoms with Crippen LogP contribution < -0.4 is 15.5 Å². The van der Waals surface area contributed by atoms with Gasteiger partial charge in [0, 0.05) is 36.4 Å². The molecule has 3 rings (SSSR count). The molecule has 5 nitrogen and oxygen atoms in total. The third-order valence-electron chi connectivity index (χ3n) is 3.57. The molecule has 21 heavy (non-hydrogen) atoms. The van der Waals surface area contributed by atoms with E-state index in [0.29, 0.717) is 12.6 Å². The molecular weight excluding hydrogens is 284 g/mol. The first-order valence-corrected chi connectivity index (χ1v) is 7.97. The Kier molecular flexibility index (Phi) is 4.35. The second-order valence-corrected chi connectivity index (χ2v) is 5.88. The normalized spacial score (nSPS) is 17.7. The van der Waals surface area contributed by atoms with Crippen molar-refractivity contribution in [3.8, 4) is 0 Å². The van der Waals surface area contributed by atoms with Gasteiger partial charge in [0.25, 0.3) is 0 Å². The molecule has 1 aliphatic heterocycles. The quantitative estimate of drug-likeness (QED) is 0.913. The molecule has 0 saturated carbocycles. The molecule has 1 saturated heterocycles. The van der Waals surface area contributed by atoms with Crippen LogP contribution >= 0.6 is 11.3 Å². The summed E-state index contributed by atoms with van der Waals surface area (Å²) in [6.07, 6.45) is 4.06. The Bertz CT molecular complexity index is 573. The molecule has 2 amide bonds. The van der Waals surface area contributed by atoms with Crippen molar-refractivity contribution in [1.29, 1.82) is 0 Å². The SMILES string of the molecule is O=C(NCC1CCCN1c1nccs1)Nc1ccccc1. The van der Waals surface area contributed by atoms with E-state index in [1.165, 1.54) is 0 Å². The van der Waals surface area contributed by atoms with Crippen molar-refractivity contribution in [3.05, 3.63) is 41.9 Å². The van der Waals surface area contributed by atoms with Gasteiger partial charge in [0.15, 0.2) is 5.13 Å². The van der Waals surface area contributed by atoms with E-state index >= 15 is 0 Å². The Morgan fingerprint density at radius 1 is 1.38 bits per heavy atom. The van der Waals surface area contributed by atoms with Gasteiger partial charge in [-0.2, -0.15) is 0 Å². The standard InChI is InChI=1S/C15H18N4OS/c20-14(18-12-5-2-1-3-6-12)17-11-13-7-4-9-19(13)15-16-8-10-21-15/h1-3,5-6,8,10,13H,4,7,9,11H2,(H2,17,18,20). The second-order valence-electron chi connectivity index (χ2n) is 5.01. The molecule has 0 spiro atoms. The van der Waals surface area contributed by atoms with Crippen molar-refractivity contribution in [2.24, 2.45) is 0 Å². The van der Waals surface area contributed by atoms with E-state index in [9.17, 15) is 4.79 Å². The maximum absolute atomic E-state index is 11.9. The minimum atomic E-state index is -0.160. The fourth-order valence-corrected chi connectivity index (χ4v) is 3.31. The largest absolute Gasteiger partial charge is 0.343 e. The number of thiazole rings is 1. The van der Waals surface area contributed by atoms with E-state index in [1.807, 2.05) is 41.9 Å². The minimum absolute atomic E-state index is 0.160. The van der Waals surface area contributed by atoms with E-state index < -0.39 is 0 Å². The summed E-state index contributed by atoms with van der Waals surface area (Å²) in [4.78, 5) is 18.6. The van der Waals surface area contributed by atoms with E-state index in [1.54, 1.807) is 11.3 Å². The van der Waals surface area contributed by atoms with Gasteiger partial charge in [-0.05, 0) is 25.0 Å². The number of carbonyl (C=O) groups excluding carboxylic acids is 1. The lowest BCUT2D eigenvalue weighted by atomic mass is 10.2. The molecule has 2 aromatic rings. The number of nitrogens with zero attached hydrogens (tertiary/aromatic N) is 2. The van der Waals surface area contributed by atoms with Gasteiger partial charge in [-0.15, -0.1) is 11.3 Å². The summed E-state index contributed by atoms with van der Waals surface area (Å²) in [5.74, 6) is 0. The summed E-state index contributed by atoms with van der Waals surface area (Å²) < 4.78 is 0. The first-order valence-electron chi connectivity index (χ1n) is 7.09. The van der Waals surface area contributed by atoms with Crippen molar-refractivity contribution in [1.82, 2.24) is 10.3 Å². The second kappa shape index (κ2) is 6.58. The fraction of sp³-hybridized carbons (Fsp3) is 0.333. The number of para-hydroxylation sites is 1. The van der Waals surface area contributed by atoms with Crippen LogP contribution in [0.2, 0.25) is 0 Å². The zero-order valence-electron chi connectivity index (χ0n) is 11.7. The van der Waals surface area contributed by atoms with Crippen LogP contribution in [0.4, 0.5) is 15.6 Å². The molecule has 1 aromatic carbocycles. The van der Waals surface area contributed by atoms with Crippen molar-refractivity contribution in [2.45, 2.75) is 18.9 Å². The zero-order valence-corrected chi connectivity index (χ0v) is 12.5. The minimum Gasteiger partial charge on any atom is -0.343 e. The van der Waals surface area contributed by atoms with E-state index in [-0.39, 0.29) is 6.03 Å². The fourth-order valence-electron chi connectivity index (χ4n) is 2.56. The Morgan fingerprint density at radius 3 is 3.00 bits per heavy atom. The molecule has 6 heteroatoms. The van der Waals surface area contributed by atoms with Gasteiger partial charge < -0.3 is 15.5 Å². The molecule has 1 aliphatic rings. The van der Waals surface area contributed by atoms with E-state index in [4.69, 9.17) is 0 Å². The number of aromatic nitrogens is 1. The summed E-state index contributed by atoms with van der Waals surface area (Å²) >= 11 is 1.65. The van der Waals surface area contributed by atoms with Gasteiger partial charge >= 0.3 is 6.03 Å². The summed E-state index contributed by atoms with van der Waals surface area (Å²) in [5.41, 5.74) is 0.804. The number of hydrogen-bond acceptors (Lipinski definition) is 4. The van der Waals surface area contributed by atoms with Gasteiger partial charge in [0.2, 0.25) is 0 Å². The maximum Gasteiger partial charge on any atom is 0.319 e. The lowest BCUT2D eigenvalue weighted by Gasteiger charge is -2.24. The molecular formula is C15H18N4OS. The van der Waals surface area contributed by atoms with Crippen LogP contribution in [0.3, 0.4) is 0 Å². The number of nitrogens with one attached hydrogen (secondary N) is 2. The van der Waals surface area contributed by atoms with Crippen LogP contribution in [0.15, 0.2) is 41.9 Å². The number of amides is 2. The summed E-state index contributed by atoms with van der Waals surface area (Å²) in [7, 11) is 0. The summed E-state index contributed by atoms with van der Waals surface area (Å²) in [6.45, 7) is 1.65. The average Bonchev–Trinajstić information content (AvgIpc) is 3.17. The van der Waals surface area contributed by atoms with Crippen molar-refractivity contribution in [3.63, 3.8) is 0 Å². The monoisotopic (exact) mass is 302 g/mol. The highest BCUT2D eigenvalue weighted by Gasteiger charge is 2.26. The van der Waals surface area contributed by atoms with Crippen LogP contribution in [-0.2, 0) is 0 Å². The number of benzene rings is 1.